The zero-order chi connectivity index (χ0) is 13.3. The maximum atomic E-state index is 13.7. The van der Waals surface area contributed by atoms with Crippen LogP contribution in [-0.4, -0.2) is 23.9 Å². The highest BCUT2D eigenvalue weighted by atomic mass is 19.2. The molecule has 0 aliphatic carbocycles. The van der Waals surface area contributed by atoms with E-state index in [-0.39, 0.29) is 5.56 Å². The van der Waals surface area contributed by atoms with Crippen LogP contribution in [0.3, 0.4) is 0 Å². The third-order valence-corrected chi connectivity index (χ3v) is 3.32. The van der Waals surface area contributed by atoms with Crippen LogP contribution in [0, 0.1) is 17.5 Å². The highest BCUT2D eigenvalue weighted by molar-refractivity contribution is 5.60. The van der Waals surface area contributed by atoms with E-state index in [2.05, 4.69) is 0 Å². The molecule has 1 saturated heterocycles. The van der Waals surface area contributed by atoms with Gasteiger partial charge in [-0.25, -0.2) is 18.2 Å². The number of rotatable bonds is 2. The lowest BCUT2D eigenvalue weighted by atomic mass is 9.84. The fraction of sp³-hybridized carbons (Fsp3) is 0.417. The number of carbonyl (C=O) groups excluding carboxylic acids is 1. The number of hydrazine groups is 1. The van der Waals surface area contributed by atoms with Gasteiger partial charge in [0.05, 0.1) is 6.04 Å². The molecule has 1 aromatic rings. The Bertz CT molecular complexity index is 467. The van der Waals surface area contributed by atoms with Crippen LogP contribution in [-0.2, 0) is 4.79 Å². The van der Waals surface area contributed by atoms with Crippen molar-refractivity contribution in [1.29, 1.82) is 0 Å². The summed E-state index contributed by atoms with van der Waals surface area (Å²) in [6, 6.07) is 0.766. The average Bonchev–Trinajstić information content (AvgIpc) is 2.35. The zero-order valence-electron chi connectivity index (χ0n) is 9.57. The second kappa shape index (κ2) is 5.07. The molecule has 0 saturated carbocycles. The van der Waals surface area contributed by atoms with Crippen molar-refractivity contribution >= 4 is 6.29 Å². The van der Waals surface area contributed by atoms with Gasteiger partial charge in [-0.15, -0.1) is 0 Å². The Labute approximate surface area is 102 Å². The van der Waals surface area contributed by atoms with Crippen molar-refractivity contribution in [2.24, 2.45) is 5.84 Å². The number of nitrogens with two attached hydrogens (primary N) is 1. The first-order chi connectivity index (χ1) is 8.56. The number of nitrogens with zero attached hydrogens (tertiary/aromatic N) is 1. The minimum atomic E-state index is -1.23. The van der Waals surface area contributed by atoms with E-state index in [4.69, 9.17) is 5.84 Å². The summed E-state index contributed by atoms with van der Waals surface area (Å²) in [4.78, 5) is 11.0. The molecule has 1 heterocycles. The molecule has 2 atom stereocenters. The standard InChI is InChI=1S/C12H13F3N2O/c13-8-3-4-9(14)12(15)11(8)7-2-1-5-17(16)10(7)6-18/h3-4,6-7,10H,1-2,5,16H2. The Morgan fingerprint density at radius 1 is 1.28 bits per heavy atom. The third-order valence-electron chi connectivity index (χ3n) is 3.32. The van der Waals surface area contributed by atoms with Crippen LogP contribution in [0.1, 0.15) is 24.3 Å². The van der Waals surface area contributed by atoms with Crippen molar-refractivity contribution in [3.05, 3.63) is 35.1 Å². The molecular weight excluding hydrogens is 245 g/mol. The smallest absolute Gasteiger partial charge is 0.165 e. The maximum Gasteiger partial charge on any atom is 0.165 e. The lowest BCUT2D eigenvalue weighted by Crippen LogP contribution is -2.49. The number of halogens is 3. The van der Waals surface area contributed by atoms with Crippen molar-refractivity contribution in [2.75, 3.05) is 6.54 Å². The van der Waals surface area contributed by atoms with Crippen LogP contribution in [0.2, 0.25) is 0 Å². The number of piperidine rings is 1. The quantitative estimate of drug-likeness (QED) is 0.499. The topological polar surface area (TPSA) is 46.3 Å². The molecule has 0 amide bonds. The molecule has 1 fully saturated rings. The van der Waals surface area contributed by atoms with Crippen LogP contribution in [0.5, 0.6) is 0 Å². The van der Waals surface area contributed by atoms with Crippen molar-refractivity contribution in [3.63, 3.8) is 0 Å². The number of hydrogen-bond acceptors (Lipinski definition) is 3. The molecule has 0 bridgehead atoms. The molecule has 18 heavy (non-hydrogen) atoms. The molecule has 3 nitrogen and oxygen atoms in total. The van der Waals surface area contributed by atoms with E-state index < -0.39 is 29.4 Å². The van der Waals surface area contributed by atoms with Crippen LogP contribution in [0.25, 0.3) is 0 Å². The molecule has 2 N–H and O–H groups in total. The zero-order valence-corrected chi connectivity index (χ0v) is 9.57. The van der Waals surface area contributed by atoms with Gasteiger partial charge < -0.3 is 4.79 Å². The SMILES string of the molecule is NN1CCCC(c2c(F)ccc(F)c2F)C1C=O. The van der Waals surface area contributed by atoms with E-state index in [9.17, 15) is 18.0 Å². The van der Waals surface area contributed by atoms with Crippen molar-refractivity contribution in [1.82, 2.24) is 5.01 Å². The summed E-state index contributed by atoms with van der Waals surface area (Å²) in [6.45, 7) is 0.471. The second-order valence-corrected chi connectivity index (χ2v) is 4.37. The molecule has 1 aliphatic heterocycles. The van der Waals surface area contributed by atoms with Gasteiger partial charge in [0, 0.05) is 18.0 Å². The molecule has 6 heteroatoms. The van der Waals surface area contributed by atoms with Crippen LogP contribution in [0.15, 0.2) is 12.1 Å². The van der Waals surface area contributed by atoms with E-state index in [0.29, 0.717) is 25.7 Å². The van der Waals surface area contributed by atoms with Gasteiger partial charge in [0.25, 0.3) is 0 Å². The normalized spacial score (nSPS) is 25.1. The predicted octanol–water partition coefficient (Wildman–Crippen LogP) is 1.72. The summed E-state index contributed by atoms with van der Waals surface area (Å²) in [5.41, 5.74) is -0.387. The van der Waals surface area contributed by atoms with Gasteiger partial charge in [-0.1, -0.05) is 0 Å². The first-order valence-corrected chi connectivity index (χ1v) is 5.66. The third kappa shape index (κ3) is 2.13. The first-order valence-electron chi connectivity index (χ1n) is 5.66. The fourth-order valence-electron chi connectivity index (χ4n) is 2.42. The maximum absolute atomic E-state index is 13.7. The van der Waals surface area contributed by atoms with Crippen LogP contribution >= 0.6 is 0 Å². The Morgan fingerprint density at radius 3 is 2.61 bits per heavy atom. The monoisotopic (exact) mass is 258 g/mol. The number of hydrogen-bond donors (Lipinski definition) is 1. The second-order valence-electron chi connectivity index (χ2n) is 4.37. The Kier molecular flexibility index (Phi) is 3.68. The first kappa shape index (κ1) is 13.0. The molecule has 98 valence electrons. The Hall–Kier alpha value is -1.40. The highest BCUT2D eigenvalue weighted by Crippen LogP contribution is 2.34. The summed E-state index contributed by atoms with van der Waals surface area (Å²) in [6.07, 6.45) is 1.54. The summed E-state index contributed by atoms with van der Waals surface area (Å²) in [5.74, 6) is 1.67. The van der Waals surface area contributed by atoms with Gasteiger partial charge in [-0.05, 0) is 25.0 Å². The van der Waals surface area contributed by atoms with Gasteiger partial charge >= 0.3 is 0 Å². The molecular formula is C12H13F3N2O. The van der Waals surface area contributed by atoms with Crippen molar-refractivity contribution < 1.29 is 18.0 Å². The van der Waals surface area contributed by atoms with E-state index in [0.717, 1.165) is 12.1 Å². The number of benzene rings is 1. The summed E-state index contributed by atoms with van der Waals surface area (Å²) in [7, 11) is 0. The summed E-state index contributed by atoms with van der Waals surface area (Å²) >= 11 is 0. The Balaban J connectivity index is 2.46. The van der Waals surface area contributed by atoms with E-state index in [1.807, 2.05) is 0 Å². The number of carbonyl (C=O) groups is 1. The van der Waals surface area contributed by atoms with Gasteiger partial charge in [0.1, 0.15) is 12.1 Å². The van der Waals surface area contributed by atoms with E-state index in [1.54, 1.807) is 0 Å². The Morgan fingerprint density at radius 2 is 1.94 bits per heavy atom. The molecule has 0 aromatic heterocycles. The van der Waals surface area contributed by atoms with Gasteiger partial charge in [0.15, 0.2) is 11.6 Å². The number of aldehydes is 1. The minimum Gasteiger partial charge on any atom is -0.302 e. The molecule has 2 unspecified atom stereocenters. The van der Waals surface area contributed by atoms with Crippen LogP contribution < -0.4 is 5.84 Å². The van der Waals surface area contributed by atoms with Crippen molar-refractivity contribution in [2.45, 2.75) is 24.8 Å². The molecule has 0 spiro atoms. The van der Waals surface area contributed by atoms with Gasteiger partial charge in [-0.3, -0.25) is 5.84 Å². The average molecular weight is 258 g/mol. The summed E-state index contributed by atoms with van der Waals surface area (Å²) < 4.78 is 40.5. The van der Waals surface area contributed by atoms with E-state index >= 15 is 0 Å². The minimum absolute atomic E-state index is 0.387. The van der Waals surface area contributed by atoms with Crippen molar-refractivity contribution in [3.8, 4) is 0 Å². The predicted molar refractivity (Wildman–Crippen MR) is 59.0 cm³/mol. The molecule has 1 aliphatic rings. The largest absolute Gasteiger partial charge is 0.302 e. The lowest BCUT2D eigenvalue weighted by molar-refractivity contribution is -0.114. The fourth-order valence-corrected chi connectivity index (χ4v) is 2.42. The van der Waals surface area contributed by atoms with Crippen LogP contribution in [0.4, 0.5) is 13.2 Å². The lowest BCUT2D eigenvalue weighted by Gasteiger charge is -2.35. The van der Waals surface area contributed by atoms with Gasteiger partial charge in [-0.2, -0.15) is 0 Å². The highest BCUT2D eigenvalue weighted by Gasteiger charge is 2.35. The van der Waals surface area contributed by atoms with Gasteiger partial charge in [0.2, 0.25) is 0 Å². The van der Waals surface area contributed by atoms with E-state index in [1.165, 1.54) is 5.01 Å². The molecule has 1 aromatic carbocycles. The molecule has 0 radical (unpaired) electrons. The summed E-state index contributed by atoms with van der Waals surface area (Å²) in [5, 5.41) is 1.24. The molecule has 2 rings (SSSR count).